The molecule has 8 heteroatoms. The lowest BCUT2D eigenvalue weighted by atomic mass is 9.80. The molecule has 426 valence electrons. The van der Waals surface area contributed by atoms with Gasteiger partial charge in [0.05, 0.1) is 13.2 Å². The molecule has 2 saturated heterocycles. The Labute approximate surface area is 448 Å². The van der Waals surface area contributed by atoms with Crippen molar-refractivity contribution in [3.63, 3.8) is 0 Å². The molecule has 0 N–H and O–H groups in total. The summed E-state index contributed by atoms with van der Waals surface area (Å²) in [4.78, 5) is 38.9. The van der Waals surface area contributed by atoms with Gasteiger partial charge < -0.3 is 9.47 Å². The average Bonchev–Trinajstić information content (AvgIpc) is 3.29. The van der Waals surface area contributed by atoms with Crippen LogP contribution in [0.15, 0.2) is 0 Å². The highest BCUT2D eigenvalue weighted by Gasteiger charge is 2.49. The lowest BCUT2D eigenvalue weighted by Crippen LogP contribution is -2.62. The summed E-state index contributed by atoms with van der Waals surface area (Å²) in [6, 6.07) is 0. The van der Waals surface area contributed by atoms with Gasteiger partial charge in [-0.25, -0.2) is 0 Å². The third-order valence-corrected chi connectivity index (χ3v) is 16.2. The van der Waals surface area contributed by atoms with E-state index in [-0.39, 0.29) is 46.3 Å². The number of hydroxylamine groups is 4. The van der Waals surface area contributed by atoms with Gasteiger partial charge in [-0.2, -0.15) is 10.1 Å². The lowest BCUT2D eigenvalue weighted by Gasteiger charge is -2.53. The van der Waals surface area contributed by atoms with E-state index in [2.05, 4.69) is 79.4 Å². The number of ether oxygens (including phenoxy) is 2. The molecule has 0 radical (unpaired) electrons. The molecule has 0 bridgehead atoms. The minimum Gasteiger partial charge on any atom is -0.462 e. The van der Waals surface area contributed by atoms with Crippen LogP contribution in [0.2, 0.25) is 0 Å². The molecule has 0 aliphatic carbocycles. The Morgan fingerprint density at radius 3 is 0.736 bits per heavy atom. The number of unbranched alkanes of at least 4 members (excludes halogenated alkanes) is 35. The zero-order valence-electron chi connectivity index (χ0n) is 50.0. The maximum Gasteiger partial charge on any atom is 0.306 e. The molecule has 8 nitrogen and oxygen atoms in total. The first kappa shape index (κ1) is 66.9. The maximum absolute atomic E-state index is 13.0. The number of carbonyl (C=O) groups excluding carboxylic acids is 2. The second-order valence-corrected chi connectivity index (χ2v) is 25.8. The molecule has 2 rings (SSSR count). The molecule has 0 aromatic rings. The molecule has 72 heavy (non-hydrogen) atoms. The zero-order valence-corrected chi connectivity index (χ0v) is 50.0. The first-order valence-corrected chi connectivity index (χ1v) is 31.8. The summed E-state index contributed by atoms with van der Waals surface area (Å²) in [7, 11) is 0. The Morgan fingerprint density at radius 2 is 0.514 bits per heavy atom. The fourth-order valence-electron chi connectivity index (χ4n) is 12.6. The Morgan fingerprint density at radius 1 is 0.319 bits per heavy atom. The van der Waals surface area contributed by atoms with Crippen molar-refractivity contribution in [2.45, 2.75) is 386 Å². The molecule has 2 aliphatic heterocycles. The van der Waals surface area contributed by atoms with Crippen LogP contribution in [0, 0.1) is 0 Å². The Kier molecular flexibility index (Phi) is 37.2. The topological polar surface area (TPSA) is 77.5 Å². The van der Waals surface area contributed by atoms with Crippen molar-refractivity contribution in [1.82, 2.24) is 10.1 Å². The number of hydrogen-bond donors (Lipinski definition) is 0. The van der Waals surface area contributed by atoms with Crippen LogP contribution >= 0.6 is 0 Å². The van der Waals surface area contributed by atoms with E-state index >= 15 is 0 Å². The van der Waals surface area contributed by atoms with Crippen molar-refractivity contribution in [1.29, 1.82) is 0 Å². The third kappa shape index (κ3) is 31.7. The van der Waals surface area contributed by atoms with Crippen LogP contribution in [-0.4, -0.2) is 69.6 Å². The molecular weight excluding hydrogens is 893 g/mol. The standard InChI is InChI=1S/C64H124N2O6/c1-11-13-15-17-19-21-23-25-27-29-31-33-35-39-43-47-51-69-65-61(3,4)53-57(54-62(65,5)6)71-59(67)49-45-41-37-38-42-46-50-60(68)72-58-55-63(7,8)66(64(9,10)56-58)70-52-48-44-40-36-34-32-30-28-26-24-22-20-18-16-14-12-2/h57-58H,11-56H2,1-10H3. The lowest BCUT2D eigenvalue weighted by molar-refractivity contribution is -0.293. The highest BCUT2D eigenvalue weighted by molar-refractivity contribution is 5.70. The summed E-state index contributed by atoms with van der Waals surface area (Å²) in [5, 5.41) is 4.41. The smallest absolute Gasteiger partial charge is 0.306 e. The molecule has 0 aromatic heterocycles. The van der Waals surface area contributed by atoms with Crippen molar-refractivity contribution in [3.8, 4) is 0 Å². The number of carbonyl (C=O) groups is 2. The molecule has 2 heterocycles. The van der Waals surface area contributed by atoms with Gasteiger partial charge in [0.25, 0.3) is 0 Å². The summed E-state index contributed by atoms with van der Waals surface area (Å²) >= 11 is 0. The second kappa shape index (κ2) is 40.1. The summed E-state index contributed by atoms with van der Waals surface area (Å²) < 4.78 is 12.2. The van der Waals surface area contributed by atoms with Crippen LogP contribution in [0.3, 0.4) is 0 Å². The Bertz CT molecular complexity index is 1180. The van der Waals surface area contributed by atoms with Crippen molar-refractivity contribution in [2.75, 3.05) is 13.2 Å². The summed E-state index contributed by atoms with van der Waals surface area (Å²) in [5.74, 6) is -0.146. The first-order chi connectivity index (χ1) is 34.5. The van der Waals surface area contributed by atoms with Crippen molar-refractivity contribution in [2.24, 2.45) is 0 Å². The molecule has 0 unspecified atom stereocenters. The maximum atomic E-state index is 13.0. The van der Waals surface area contributed by atoms with Gasteiger partial charge >= 0.3 is 11.9 Å². The van der Waals surface area contributed by atoms with E-state index in [1.54, 1.807) is 0 Å². The summed E-state index contributed by atoms with van der Waals surface area (Å²) in [6.07, 6.45) is 53.6. The van der Waals surface area contributed by atoms with Gasteiger partial charge in [-0.15, -0.1) is 0 Å². The number of esters is 2. The van der Waals surface area contributed by atoms with Crippen LogP contribution < -0.4 is 0 Å². The van der Waals surface area contributed by atoms with E-state index in [1.165, 1.54) is 193 Å². The van der Waals surface area contributed by atoms with Crippen LogP contribution in [0.25, 0.3) is 0 Å². The first-order valence-electron chi connectivity index (χ1n) is 31.8. The predicted octanol–water partition coefficient (Wildman–Crippen LogP) is 19.6. The van der Waals surface area contributed by atoms with E-state index in [9.17, 15) is 9.59 Å². The van der Waals surface area contributed by atoms with E-state index < -0.39 is 0 Å². The molecule has 0 amide bonds. The number of piperidine rings is 2. The molecule has 0 aromatic carbocycles. The van der Waals surface area contributed by atoms with Crippen LogP contribution in [0.4, 0.5) is 0 Å². The average molecular weight is 1020 g/mol. The van der Waals surface area contributed by atoms with Crippen LogP contribution in [-0.2, 0) is 28.7 Å². The molecule has 0 spiro atoms. The third-order valence-electron chi connectivity index (χ3n) is 16.2. The highest BCUT2D eigenvalue weighted by Crippen LogP contribution is 2.41. The fraction of sp³-hybridized carbons (Fsp3) is 0.969. The predicted molar refractivity (Wildman–Crippen MR) is 306 cm³/mol. The zero-order chi connectivity index (χ0) is 52.8. The fourth-order valence-corrected chi connectivity index (χ4v) is 12.6. The minimum atomic E-state index is -0.210. The summed E-state index contributed by atoms with van der Waals surface area (Å²) in [6.45, 7) is 23.9. The minimum absolute atomic E-state index is 0.0731. The highest BCUT2D eigenvalue weighted by atomic mass is 16.7. The van der Waals surface area contributed by atoms with E-state index in [0.717, 1.165) is 90.3 Å². The quantitative estimate of drug-likeness (QED) is 0.0441. The van der Waals surface area contributed by atoms with E-state index in [0.29, 0.717) is 12.8 Å². The second-order valence-electron chi connectivity index (χ2n) is 25.8. The van der Waals surface area contributed by atoms with Crippen LogP contribution in [0.1, 0.15) is 352 Å². The largest absolute Gasteiger partial charge is 0.462 e. The van der Waals surface area contributed by atoms with Gasteiger partial charge in [-0.3, -0.25) is 19.3 Å². The van der Waals surface area contributed by atoms with Gasteiger partial charge in [-0.1, -0.05) is 232 Å². The van der Waals surface area contributed by atoms with Gasteiger partial charge in [-0.05, 0) is 81.1 Å². The molecule has 2 fully saturated rings. The van der Waals surface area contributed by atoms with Gasteiger partial charge in [0, 0.05) is 60.7 Å². The van der Waals surface area contributed by atoms with Crippen molar-refractivity contribution >= 4 is 11.9 Å². The van der Waals surface area contributed by atoms with Crippen LogP contribution in [0.5, 0.6) is 0 Å². The van der Waals surface area contributed by atoms with E-state index in [4.69, 9.17) is 19.1 Å². The SMILES string of the molecule is CCCCCCCCCCCCCCCCCCON1C(C)(C)CC(OC(=O)CCCCCCCCC(=O)OC2CC(C)(C)N(OCCCCCCCCCCCCCCCCCC)C(C)(C)C2)CC1(C)C. The normalized spacial score (nSPS) is 18.2. The van der Waals surface area contributed by atoms with Gasteiger partial charge in [0.15, 0.2) is 0 Å². The Balaban J connectivity index is 1.47. The van der Waals surface area contributed by atoms with Crippen molar-refractivity contribution < 1.29 is 28.7 Å². The van der Waals surface area contributed by atoms with Gasteiger partial charge in [0.2, 0.25) is 0 Å². The summed E-state index contributed by atoms with van der Waals surface area (Å²) in [5.41, 5.74) is -0.839. The van der Waals surface area contributed by atoms with Gasteiger partial charge in [0.1, 0.15) is 12.2 Å². The molecule has 0 atom stereocenters. The molecular formula is C64H124N2O6. The Hall–Kier alpha value is -1.22. The number of hydrogen-bond acceptors (Lipinski definition) is 8. The molecule has 2 aliphatic rings. The monoisotopic (exact) mass is 1020 g/mol. The van der Waals surface area contributed by atoms with Crippen molar-refractivity contribution in [3.05, 3.63) is 0 Å². The molecule has 0 saturated carbocycles. The number of rotatable bonds is 47. The number of nitrogens with zero attached hydrogens (tertiary/aromatic N) is 2. The van der Waals surface area contributed by atoms with E-state index in [1.807, 2.05) is 0 Å².